The summed E-state index contributed by atoms with van der Waals surface area (Å²) in [5.74, 6) is -0.558. The van der Waals surface area contributed by atoms with Crippen LogP contribution in [0.3, 0.4) is 0 Å². The van der Waals surface area contributed by atoms with Gasteiger partial charge in [0, 0.05) is 19.1 Å². The third kappa shape index (κ3) is 3.34. The summed E-state index contributed by atoms with van der Waals surface area (Å²) in [5.41, 5.74) is 2.42. The van der Waals surface area contributed by atoms with Crippen molar-refractivity contribution in [3.63, 3.8) is 0 Å². The van der Waals surface area contributed by atoms with Crippen LogP contribution in [0.1, 0.15) is 29.2 Å². The third-order valence-electron chi connectivity index (χ3n) is 4.89. The van der Waals surface area contributed by atoms with Gasteiger partial charge in [-0.3, -0.25) is 0 Å². The van der Waals surface area contributed by atoms with E-state index in [2.05, 4.69) is 0 Å². The van der Waals surface area contributed by atoms with Gasteiger partial charge >= 0.3 is 0 Å². The zero-order valence-corrected chi connectivity index (χ0v) is 15.1. The predicted molar refractivity (Wildman–Crippen MR) is 94.1 cm³/mol. The van der Waals surface area contributed by atoms with E-state index in [0.29, 0.717) is 18.5 Å². The van der Waals surface area contributed by atoms with E-state index in [9.17, 15) is 17.9 Å². The summed E-state index contributed by atoms with van der Waals surface area (Å²) in [6.07, 6.45) is 0.572. The Hall–Kier alpha value is -1.76. The van der Waals surface area contributed by atoms with E-state index in [1.54, 1.807) is 37.3 Å². The van der Waals surface area contributed by atoms with E-state index in [4.69, 9.17) is 0 Å². The fraction of sp³-hybridized carbons (Fsp3) is 0.368. The molecule has 4 nitrogen and oxygen atoms in total. The second-order valence-corrected chi connectivity index (χ2v) is 8.50. The van der Waals surface area contributed by atoms with Crippen LogP contribution in [0.25, 0.3) is 0 Å². The molecule has 1 aliphatic heterocycles. The minimum atomic E-state index is -3.69. The molecule has 6 heteroatoms. The van der Waals surface area contributed by atoms with Crippen LogP contribution in [-0.4, -0.2) is 31.0 Å². The van der Waals surface area contributed by atoms with E-state index in [-0.39, 0.29) is 23.2 Å². The molecule has 0 aromatic heterocycles. The Labute approximate surface area is 148 Å². The van der Waals surface area contributed by atoms with E-state index in [1.807, 2.05) is 6.92 Å². The average molecular weight is 363 g/mol. The van der Waals surface area contributed by atoms with Crippen LogP contribution in [0.5, 0.6) is 0 Å². The second kappa shape index (κ2) is 6.86. The zero-order valence-electron chi connectivity index (χ0n) is 14.3. The zero-order chi connectivity index (χ0) is 18.2. The topological polar surface area (TPSA) is 57.6 Å². The summed E-state index contributed by atoms with van der Waals surface area (Å²) in [4.78, 5) is 0.237. The molecule has 0 bridgehead atoms. The maximum atomic E-state index is 13.5. The lowest BCUT2D eigenvalue weighted by Gasteiger charge is -2.28. The molecule has 0 radical (unpaired) electrons. The summed E-state index contributed by atoms with van der Waals surface area (Å²) in [6.45, 7) is 3.89. The highest BCUT2D eigenvalue weighted by atomic mass is 32.2. The Morgan fingerprint density at radius 2 is 1.84 bits per heavy atom. The van der Waals surface area contributed by atoms with E-state index in [0.717, 1.165) is 11.1 Å². The number of hydrogen-bond donors (Lipinski definition) is 1. The van der Waals surface area contributed by atoms with Crippen molar-refractivity contribution < 1.29 is 17.9 Å². The number of aliphatic hydroxyl groups is 1. The summed E-state index contributed by atoms with van der Waals surface area (Å²) in [7, 11) is -3.69. The molecule has 2 unspecified atom stereocenters. The lowest BCUT2D eigenvalue weighted by molar-refractivity contribution is 0.199. The van der Waals surface area contributed by atoms with Crippen molar-refractivity contribution in [2.75, 3.05) is 13.2 Å². The molecule has 1 aliphatic rings. The van der Waals surface area contributed by atoms with E-state index < -0.39 is 16.1 Å². The Morgan fingerprint density at radius 1 is 1.16 bits per heavy atom. The van der Waals surface area contributed by atoms with Gasteiger partial charge in [0.2, 0.25) is 10.0 Å². The molecule has 2 aromatic rings. The lowest BCUT2D eigenvalue weighted by Crippen LogP contribution is -2.33. The van der Waals surface area contributed by atoms with Crippen LogP contribution >= 0.6 is 0 Å². The maximum absolute atomic E-state index is 13.5. The van der Waals surface area contributed by atoms with Gasteiger partial charge in [-0.25, -0.2) is 12.8 Å². The monoisotopic (exact) mass is 363 g/mol. The molecule has 2 aromatic carbocycles. The highest BCUT2D eigenvalue weighted by Gasteiger charge is 2.42. The van der Waals surface area contributed by atoms with E-state index in [1.165, 1.54) is 16.4 Å². The fourth-order valence-corrected chi connectivity index (χ4v) is 5.19. The summed E-state index contributed by atoms with van der Waals surface area (Å²) in [6, 6.07) is 10.6. The lowest BCUT2D eigenvalue weighted by atomic mass is 9.92. The van der Waals surface area contributed by atoms with Crippen molar-refractivity contribution in [1.29, 1.82) is 0 Å². The predicted octanol–water partition coefficient (Wildman–Crippen LogP) is 3.19. The maximum Gasteiger partial charge on any atom is 0.243 e. The number of aliphatic hydroxyl groups excluding tert-OH is 1. The average Bonchev–Trinajstić information content (AvgIpc) is 3.00. The molecule has 3 rings (SSSR count). The van der Waals surface area contributed by atoms with Crippen molar-refractivity contribution in [1.82, 2.24) is 4.31 Å². The first-order valence-corrected chi connectivity index (χ1v) is 9.74. The van der Waals surface area contributed by atoms with Gasteiger partial charge in [-0.15, -0.1) is 0 Å². The molecule has 1 fully saturated rings. The van der Waals surface area contributed by atoms with Crippen LogP contribution in [0.2, 0.25) is 0 Å². The first kappa shape index (κ1) is 18.0. The first-order valence-electron chi connectivity index (χ1n) is 8.30. The number of benzene rings is 2. The van der Waals surface area contributed by atoms with Crippen molar-refractivity contribution in [3.8, 4) is 0 Å². The van der Waals surface area contributed by atoms with Crippen molar-refractivity contribution in [2.45, 2.75) is 31.2 Å². The van der Waals surface area contributed by atoms with Gasteiger partial charge in [-0.05, 0) is 55.7 Å². The minimum Gasteiger partial charge on any atom is -0.396 e. The van der Waals surface area contributed by atoms with Gasteiger partial charge in [-0.1, -0.05) is 23.8 Å². The van der Waals surface area contributed by atoms with Gasteiger partial charge in [0.15, 0.2) is 0 Å². The van der Waals surface area contributed by atoms with Crippen LogP contribution in [0, 0.1) is 25.6 Å². The molecule has 0 aliphatic carbocycles. The molecule has 1 heterocycles. The van der Waals surface area contributed by atoms with Gasteiger partial charge in [0.1, 0.15) is 5.82 Å². The van der Waals surface area contributed by atoms with Gasteiger partial charge in [0.05, 0.1) is 10.9 Å². The Kier molecular flexibility index (Phi) is 4.95. The number of nitrogens with zero attached hydrogens (tertiary/aromatic N) is 1. The molecule has 2 atom stereocenters. The van der Waals surface area contributed by atoms with Crippen LogP contribution < -0.4 is 0 Å². The number of sulfonamides is 1. The second-order valence-electron chi connectivity index (χ2n) is 6.61. The van der Waals surface area contributed by atoms with Crippen molar-refractivity contribution >= 4 is 10.0 Å². The van der Waals surface area contributed by atoms with Crippen LogP contribution in [0.15, 0.2) is 47.4 Å². The third-order valence-corrected chi connectivity index (χ3v) is 6.78. The minimum absolute atomic E-state index is 0.110. The summed E-state index contributed by atoms with van der Waals surface area (Å²) >= 11 is 0. The molecular formula is C19H22FNO3S. The largest absolute Gasteiger partial charge is 0.396 e. The normalized spacial score (nSPS) is 21.6. The summed E-state index contributed by atoms with van der Waals surface area (Å²) < 4.78 is 41.2. The van der Waals surface area contributed by atoms with E-state index >= 15 is 0 Å². The Morgan fingerprint density at radius 3 is 2.44 bits per heavy atom. The van der Waals surface area contributed by atoms with Gasteiger partial charge < -0.3 is 5.11 Å². The fourth-order valence-electron chi connectivity index (χ4n) is 3.51. The first-order chi connectivity index (χ1) is 11.8. The molecular weight excluding hydrogens is 341 g/mol. The van der Waals surface area contributed by atoms with Crippen molar-refractivity contribution in [2.24, 2.45) is 5.92 Å². The number of halogens is 1. The van der Waals surface area contributed by atoms with Gasteiger partial charge in [-0.2, -0.15) is 4.31 Å². The summed E-state index contributed by atoms with van der Waals surface area (Å²) in [5, 5.41) is 9.74. The molecule has 0 amide bonds. The Bertz CT molecular complexity index is 865. The smallest absolute Gasteiger partial charge is 0.243 e. The molecule has 0 saturated carbocycles. The number of aryl methyl sites for hydroxylation is 2. The standard InChI is InChI=1S/C19H22FNO3S/c1-13-3-6-17(7-4-13)25(23,24)21-10-9-15(12-22)19(21)18-8-5-16(20)11-14(18)2/h3-8,11,15,19,22H,9-10,12H2,1-2H3. The molecule has 1 N–H and O–H groups in total. The molecule has 134 valence electrons. The highest BCUT2D eigenvalue weighted by molar-refractivity contribution is 7.89. The SMILES string of the molecule is Cc1ccc(S(=O)(=O)N2CCC(CO)C2c2ccc(F)cc2C)cc1. The van der Waals surface area contributed by atoms with Crippen LogP contribution in [-0.2, 0) is 10.0 Å². The number of rotatable bonds is 4. The highest BCUT2D eigenvalue weighted by Crippen LogP contribution is 2.41. The van der Waals surface area contributed by atoms with Gasteiger partial charge in [0.25, 0.3) is 0 Å². The molecule has 25 heavy (non-hydrogen) atoms. The molecule has 0 spiro atoms. The van der Waals surface area contributed by atoms with Crippen LogP contribution in [0.4, 0.5) is 4.39 Å². The molecule has 1 saturated heterocycles. The quantitative estimate of drug-likeness (QED) is 0.908. The van der Waals surface area contributed by atoms with Crippen molar-refractivity contribution in [3.05, 3.63) is 65.0 Å². The number of hydrogen-bond acceptors (Lipinski definition) is 3. The Balaban J connectivity index is 2.06.